The van der Waals surface area contributed by atoms with E-state index in [1.165, 1.54) is 12.3 Å². The molecule has 1 heterocycles. The summed E-state index contributed by atoms with van der Waals surface area (Å²) in [5.41, 5.74) is 6.66. The van der Waals surface area contributed by atoms with Gasteiger partial charge in [0, 0.05) is 4.47 Å². The Hall–Kier alpha value is -1.30. The predicted octanol–water partition coefficient (Wildman–Crippen LogP) is 3.99. The number of rotatable bonds is 2. The van der Waals surface area contributed by atoms with Crippen LogP contribution < -0.4 is 11.1 Å². The van der Waals surface area contributed by atoms with E-state index in [0.717, 1.165) is 4.47 Å². The van der Waals surface area contributed by atoms with Gasteiger partial charge in [-0.25, -0.2) is 4.98 Å². The average Bonchev–Trinajstić information content (AvgIpc) is 2.36. The monoisotopic (exact) mass is 359 g/mol. The van der Waals surface area contributed by atoms with Crippen LogP contribution in [-0.2, 0) is 0 Å². The quantitative estimate of drug-likeness (QED) is 0.795. The molecular formula is C12H8BrCl2N3O. The van der Waals surface area contributed by atoms with Gasteiger partial charge in [-0.05, 0) is 24.3 Å². The van der Waals surface area contributed by atoms with Gasteiger partial charge in [-0.1, -0.05) is 39.1 Å². The lowest BCUT2D eigenvalue weighted by Crippen LogP contribution is -2.14. The normalized spacial score (nSPS) is 10.3. The molecule has 0 fully saturated rings. The number of nitrogens with one attached hydrogen (secondary N) is 1. The van der Waals surface area contributed by atoms with Crippen LogP contribution >= 0.6 is 39.1 Å². The Bertz CT molecular complexity index is 649. The van der Waals surface area contributed by atoms with E-state index < -0.39 is 5.91 Å². The van der Waals surface area contributed by atoms with Gasteiger partial charge in [0.25, 0.3) is 5.91 Å². The van der Waals surface area contributed by atoms with Crippen LogP contribution in [0, 0.1) is 0 Å². The Morgan fingerprint density at radius 1 is 1.32 bits per heavy atom. The van der Waals surface area contributed by atoms with Crippen molar-refractivity contribution in [1.82, 2.24) is 4.98 Å². The lowest BCUT2D eigenvalue weighted by atomic mass is 10.2. The summed E-state index contributed by atoms with van der Waals surface area (Å²) in [6, 6.07) is 6.54. The number of hydrogen-bond donors (Lipinski definition) is 2. The van der Waals surface area contributed by atoms with Crippen LogP contribution in [0.1, 0.15) is 10.4 Å². The first-order chi connectivity index (χ1) is 8.97. The number of nitrogens with zero attached hydrogens (tertiary/aromatic N) is 1. The van der Waals surface area contributed by atoms with E-state index in [2.05, 4.69) is 26.2 Å². The molecule has 0 atom stereocenters. The largest absolute Gasteiger partial charge is 0.397 e. The van der Waals surface area contributed by atoms with E-state index in [4.69, 9.17) is 28.9 Å². The summed E-state index contributed by atoms with van der Waals surface area (Å²) in [5.74, 6) is -0.401. The molecule has 1 aromatic carbocycles. The zero-order chi connectivity index (χ0) is 14.0. The fourth-order valence-corrected chi connectivity index (χ4v) is 2.10. The second-order valence-corrected chi connectivity index (χ2v) is 5.38. The first-order valence-electron chi connectivity index (χ1n) is 5.15. The topological polar surface area (TPSA) is 68.0 Å². The standard InChI is InChI=1S/C12H8BrCl2N3O/c13-6-1-2-8(14)10(3-6)18-12(19)7-4-11(15)17-5-9(7)16/h1-5H,16H2,(H,18,19). The molecule has 19 heavy (non-hydrogen) atoms. The Kier molecular flexibility index (Phi) is 4.29. The Morgan fingerprint density at radius 2 is 2.05 bits per heavy atom. The van der Waals surface area contributed by atoms with Crippen molar-refractivity contribution in [2.75, 3.05) is 11.1 Å². The van der Waals surface area contributed by atoms with Crippen LogP contribution in [-0.4, -0.2) is 10.9 Å². The number of hydrogen-bond acceptors (Lipinski definition) is 3. The van der Waals surface area contributed by atoms with Gasteiger partial charge in [-0.3, -0.25) is 4.79 Å². The van der Waals surface area contributed by atoms with Crippen molar-refractivity contribution in [2.24, 2.45) is 0 Å². The molecule has 0 saturated heterocycles. The van der Waals surface area contributed by atoms with Gasteiger partial charge in [-0.15, -0.1) is 0 Å². The lowest BCUT2D eigenvalue weighted by Gasteiger charge is -2.09. The first-order valence-corrected chi connectivity index (χ1v) is 6.69. The van der Waals surface area contributed by atoms with Crippen LogP contribution in [0.3, 0.4) is 0 Å². The van der Waals surface area contributed by atoms with E-state index in [-0.39, 0.29) is 16.4 Å². The second kappa shape index (κ2) is 5.77. The molecule has 0 aliphatic heterocycles. The molecule has 0 aliphatic carbocycles. The minimum absolute atomic E-state index is 0.194. The fourth-order valence-electron chi connectivity index (χ4n) is 1.42. The number of carbonyl (C=O) groups excluding carboxylic acids is 1. The molecular weight excluding hydrogens is 353 g/mol. The van der Waals surface area contributed by atoms with Crippen molar-refractivity contribution >= 4 is 56.4 Å². The van der Waals surface area contributed by atoms with Crippen molar-refractivity contribution < 1.29 is 4.79 Å². The third kappa shape index (κ3) is 3.37. The fraction of sp³-hybridized carbons (Fsp3) is 0. The molecule has 3 N–H and O–H groups in total. The van der Waals surface area contributed by atoms with Crippen LogP contribution in [0.25, 0.3) is 0 Å². The van der Waals surface area contributed by atoms with Crippen LogP contribution in [0.5, 0.6) is 0 Å². The number of nitrogen functional groups attached to an aromatic ring is 1. The van der Waals surface area contributed by atoms with Gasteiger partial charge in [0.15, 0.2) is 0 Å². The number of amides is 1. The number of pyridine rings is 1. The van der Waals surface area contributed by atoms with Gasteiger partial charge < -0.3 is 11.1 Å². The third-order valence-corrected chi connectivity index (χ3v) is 3.35. The van der Waals surface area contributed by atoms with Crippen molar-refractivity contribution in [2.45, 2.75) is 0 Å². The molecule has 4 nitrogen and oxygen atoms in total. The summed E-state index contributed by atoms with van der Waals surface area (Å²) in [4.78, 5) is 15.9. The summed E-state index contributed by atoms with van der Waals surface area (Å²) in [7, 11) is 0. The molecule has 0 unspecified atom stereocenters. The highest BCUT2D eigenvalue weighted by Gasteiger charge is 2.13. The van der Waals surface area contributed by atoms with Crippen LogP contribution in [0.15, 0.2) is 34.9 Å². The summed E-state index contributed by atoms with van der Waals surface area (Å²) in [6.45, 7) is 0. The van der Waals surface area contributed by atoms with Crippen LogP contribution in [0.4, 0.5) is 11.4 Å². The molecule has 2 aromatic rings. The first kappa shape index (κ1) is 14.1. The molecule has 98 valence electrons. The number of nitrogens with two attached hydrogens (primary N) is 1. The predicted molar refractivity (Wildman–Crippen MR) is 80.8 cm³/mol. The minimum Gasteiger partial charge on any atom is -0.397 e. The third-order valence-electron chi connectivity index (χ3n) is 2.32. The number of benzene rings is 1. The maximum Gasteiger partial charge on any atom is 0.257 e. The van der Waals surface area contributed by atoms with Crippen molar-refractivity contribution in [3.63, 3.8) is 0 Å². The van der Waals surface area contributed by atoms with Gasteiger partial charge in [0.05, 0.1) is 28.2 Å². The van der Waals surface area contributed by atoms with Crippen molar-refractivity contribution in [3.8, 4) is 0 Å². The average molecular weight is 361 g/mol. The molecule has 1 aromatic heterocycles. The van der Waals surface area contributed by atoms with Gasteiger partial charge in [0.1, 0.15) is 5.15 Å². The van der Waals surface area contributed by atoms with Crippen molar-refractivity contribution in [3.05, 3.63) is 50.7 Å². The number of anilines is 2. The van der Waals surface area contributed by atoms with Gasteiger partial charge in [0.2, 0.25) is 0 Å². The molecule has 0 bridgehead atoms. The van der Waals surface area contributed by atoms with Gasteiger partial charge >= 0.3 is 0 Å². The Morgan fingerprint density at radius 3 is 2.79 bits per heavy atom. The van der Waals surface area contributed by atoms with E-state index in [1.54, 1.807) is 18.2 Å². The minimum atomic E-state index is -0.401. The SMILES string of the molecule is Nc1cnc(Cl)cc1C(=O)Nc1cc(Br)ccc1Cl. The number of carbonyl (C=O) groups is 1. The Balaban J connectivity index is 2.30. The molecule has 0 spiro atoms. The van der Waals surface area contributed by atoms with Gasteiger partial charge in [-0.2, -0.15) is 0 Å². The van der Waals surface area contributed by atoms with E-state index in [9.17, 15) is 4.79 Å². The highest BCUT2D eigenvalue weighted by molar-refractivity contribution is 9.10. The lowest BCUT2D eigenvalue weighted by molar-refractivity contribution is 0.102. The molecule has 0 saturated carbocycles. The number of halogens is 3. The molecule has 7 heteroatoms. The zero-order valence-corrected chi connectivity index (χ0v) is 12.6. The van der Waals surface area contributed by atoms with Crippen molar-refractivity contribution in [1.29, 1.82) is 0 Å². The number of aromatic nitrogens is 1. The van der Waals surface area contributed by atoms with E-state index in [0.29, 0.717) is 10.7 Å². The summed E-state index contributed by atoms with van der Waals surface area (Å²) in [5, 5.41) is 3.29. The molecule has 1 amide bonds. The second-order valence-electron chi connectivity index (χ2n) is 3.67. The zero-order valence-electron chi connectivity index (χ0n) is 9.45. The molecule has 0 radical (unpaired) electrons. The molecule has 0 aliphatic rings. The Labute approximate surface area is 128 Å². The van der Waals surface area contributed by atoms with E-state index >= 15 is 0 Å². The smallest absolute Gasteiger partial charge is 0.257 e. The summed E-state index contributed by atoms with van der Waals surface area (Å²) < 4.78 is 0.799. The van der Waals surface area contributed by atoms with Crippen LogP contribution in [0.2, 0.25) is 10.2 Å². The summed E-state index contributed by atoms with van der Waals surface area (Å²) >= 11 is 15.0. The maximum atomic E-state index is 12.1. The highest BCUT2D eigenvalue weighted by atomic mass is 79.9. The maximum absolute atomic E-state index is 12.1. The van der Waals surface area contributed by atoms with E-state index in [1.807, 2.05) is 0 Å². The molecule has 2 rings (SSSR count). The summed E-state index contributed by atoms with van der Waals surface area (Å²) in [6.07, 6.45) is 1.33. The highest BCUT2D eigenvalue weighted by Crippen LogP contribution is 2.26.